The number of hydrogen-bond acceptors (Lipinski definition) is 5. The highest BCUT2D eigenvalue weighted by Crippen LogP contribution is 2.19. The maximum absolute atomic E-state index is 12.0. The standard InChI is InChI=1S/C12H26N2O4S2/c1-3-6-13-11-12-4-7-14(8-5-12)20(17,18)10-9-19(2,15)16/h12-13H,3-11H2,1-2H3. The molecule has 120 valence electrons. The van der Waals surface area contributed by atoms with Gasteiger partial charge in [0, 0.05) is 19.3 Å². The van der Waals surface area contributed by atoms with Crippen LogP contribution in [0.3, 0.4) is 0 Å². The number of hydrogen-bond donors (Lipinski definition) is 1. The molecule has 0 aromatic rings. The predicted molar refractivity (Wildman–Crippen MR) is 81.0 cm³/mol. The molecule has 1 fully saturated rings. The Kier molecular flexibility index (Phi) is 6.90. The molecule has 8 heteroatoms. The van der Waals surface area contributed by atoms with Gasteiger partial charge >= 0.3 is 0 Å². The van der Waals surface area contributed by atoms with Crippen molar-refractivity contribution in [2.45, 2.75) is 26.2 Å². The average Bonchev–Trinajstić information content (AvgIpc) is 2.37. The van der Waals surface area contributed by atoms with Crippen LogP contribution in [-0.2, 0) is 19.9 Å². The van der Waals surface area contributed by atoms with Crippen molar-refractivity contribution in [2.24, 2.45) is 5.92 Å². The zero-order valence-corrected chi connectivity index (χ0v) is 14.0. The van der Waals surface area contributed by atoms with E-state index < -0.39 is 19.9 Å². The molecule has 0 amide bonds. The highest BCUT2D eigenvalue weighted by atomic mass is 32.2. The first-order valence-electron chi connectivity index (χ1n) is 7.11. The van der Waals surface area contributed by atoms with E-state index in [1.807, 2.05) is 0 Å². The molecule has 0 saturated carbocycles. The second-order valence-corrected chi connectivity index (χ2v) is 9.84. The SMILES string of the molecule is CCCNCC1CCN(S(=O)(=O)CCS(C)(=O)=O)CC1. The van der Waals surface area contributed by atoms with E-state index >= 15 is 0 Å². The Morgan fingerprint density at radius 2 is 1.70 bits per heavy atom. The first-order chi connectivity index (χ1) is 9.24. The van der Waals surface area contributed by atoms with E-state index in [2.05, 4.69) is 12.2 Å². The van der Waals surface area contributed by atoms with Gasteiger partial charge < -0.3 is 5.32 Å². The topological polar surface area (TPSA) is 83.6 Å². The third-order valence-corrected chi connectivity index (χ3v) is 6.61. The summed E-state index contributed by atoms with van der Waals surface area (Å²) in [5.41, 5.74) is 0. The van der Waals surface area contributed by atoms with Gasteiger partial charge in [-0.3, -0.25) is 0 Å². The van der Waals surface area contributed by atoms with E-state index in [9.17, 15) is 16.8 Å². The Labute approximate surface area is 122 Å². The molecule has 1 N–H and O–H groups in total. The molecule has 0 atom stereocenters. The fraction of sp³-hybridized carbons (Fsp3) is 1.00. The summed E-state index contributed by atoms with van der Waals surface area (Å²) in [7, 11) is -6.67. The van der Waals surface area contributed by atoms with E-state index in [1.54, 1.807) is 0 Å². The Morgan fingerprint density at radius 1 is 1.10 bits per heavy atom. The number of nitrogens with one attached hydrogen (secondary N) is 1. The maximum atomic E-state index is 12.0. The Balaban J connectivity index is 2.40. The van der Waals surface area contributed by atoms with Gasteiger partial charge in [-0.05, 0) is 38.3 Å². The van der Waals surface area contributed by atoms with Gasteiger partial charge in [-0.2, -0.15) is 0 Å². The van der Waals surface area contributed by atoms with Gasteiger partial charge in [0.05, 0.1) is 11.5 Å². The minimum absolute atomic E-state index is 0.298. The summed E-state index contributed by atoms with van der Waals surface area (Å²) in [4.78, 5) is 0. The first-order valence-corrected chi connectivity index (χ1v) is 10.8. The van der Waals surface area contributed by atoms with Crippen molar-refractivity contribution in [3.63, 3.8) is 0 Å². The van der Waals surface area contributed by atoms with Crippen molar-refractivity contribution >= 4 is 19.9 Å². The number of rotatable bonds is 8. The van der Waals surface area contributed by atoms with E-state index in [1.165, 1.54) is 4.31 Å². The van der Waals surface area contributed by atoms with E-state index in [0.29, 0.717) is 19.0 Å². The van der Waals surface area contributed by atoms with Gasteiger partial charge in [-0.15, -0.1) is 0 Å². The minimum Gasteiger partial charge on any atom is -0.316 e. The second-order valence-electron chi connectivity index (χ2n) is 5.49. The predicted octanol–water partition coefficient (Wildman–Crippen LogP) is 0.0724. The van der Waals surface area contributed by atoms with Gasteiger partial charge in [0.1, 0.15) is 9.84 Å². The quantitative estimate of drug-likeness (QED) is 0.638. The van der Waals surface area contributed by atoms with Crippen molar-refractivity contribution in [1.29, 1.82) is 0 Å². The van der Waals surface area contributed by atoms with Crippen LogP contribution in [0.5, 0.6) is 0 Å². The van der Waals surface area contributed by atoms with Gasteiger partial charge in [0.2, 0.25) is 10.0 Å². The van der Waals surface area contributed by atoms with Crippen molar-refractivity contribution in [3.05, 3.63) is 0 Å². The van der Waals surface area contributed by atoms with Crippen LogP contribution >= 0.6 is 0 Å². The number of sulfone groups is 1. The molecule has 1 aliphatic heterocycles. The number of sulfonamides is 1. The molecule has 0 aromatic heterocycles. The third kappa shape index (κ3) is 6.51. The molecule has 1 rings (SSSR count). The van der Waals surface area contributed by atoms with E-state index in [4.69, 9.17) is 0 Å². The molecule has 1 saturated heterocycles. The molecule has 1 heterocycles. The molecule has 1 aliphatic rings. The maximum Gasteiger partial charge on any atom is 0.215 e. The zero-order valence-electron chi connectivity index (χ0n) is 12.3. The zero-order chi connectivity index (χ0) is 15.2. The van der Waals surface area contributed by atoms with Crippen LogP contribution in [0.4, 0.5) is 0 Å². The first kappa shape index (κ1) is 17.9. The third-order valence-electron chi connectivity index (χ3n) is 3.54. The molecule has 20 heavy (non-hydrogen) atoms. The summed E-state index contributed by atoms with van der Waals surface area (Å²) < 4.78 is 47.7. The molecule has 0 aromatic carbocycles. The lowest BCUT2D eigenvalue weighted by Crippen LogP contribution is -2.42. The molecule has 0 spiro atoms. The van der Waals surface area contributed by atoms with Gasteiger partial charge in [0.15, 0.2) is 0 Å². The Bertz CT molecular complexity index is 480. The lowest BCUT2D eigenvalue weighted by atomic mass is 9.98. The van der Waals surface area contributed by atoms with Crippen LogP contribution in [0, 0.1) is 5.92 Å². The molecule has 0 unspecified atom stereocenters. The lowest BCUT2D eigenvalue weighted by molar-refractivity contribution is 0.268. The van der Waals surface area contributed by atoms with Crippen LogP contribution in [-0.4, -0.2) is 65.1 Å². The largest absolute Gasteiger partial charge is 0.316 e. The Hall–Kier alpha value is -0.180. The number of nitrogens with zero attached hydrogens (tertiary/aromatic N) is 1. The molecule has 0 radical (unpaired) electrons. The van der Waals surface area contributed by atoms with Crippen LogP contribution in [0.1, 0.15) is 26.2 Å². The summed E-state index contributed by atoms with van der Waals surface area (Å²) in [5, 5.41) is 3.36. The lowest BCUT2D eigenvalue weighted by Gasteiger charge is -2.31. The van der Waals surface area contributed by atoms with Crippen LogP contribution < -0.4 is 5.32 Å². The molecule has 0 bridgehead atoms. The normalized spacial score (nSPS) is 19.3. The monoisotopic (exact) mass is 326 g/mol. The van der Waals surface area contributed by atoms with E-state index in [-0.39, 0.29) is 11.5 Å². The number of piperidine rings is 1. The van der Waals surface area contributed by atoms with Gasteiger partial charge in [0.25, 0.3) is 0 Å². The minimum atomic E-state index is -3.43. The van der Waals surface area contributed by atoms with Crippen LogP contribution in [0.25, 0.3) is 0 Å². The molecule has 0 aliphatic carbocycles. The van der Waals surface area contributed by atoms with Gasteiger partial charge in [-0.1, -0.05) is 6.92 Å². The van der Waals surface area contributed by atoms with Crippen molar-refractivity contribution < 1.29 is 16.8 Å². The van der Waals surface area contributed by atoms with Gasteiger partial charge in [-0.25, -0.2) is 21.1 Å². The summed E-state index contributed by atoms with van der Waals surface area (Å²) in [6.45, 7) is 5.05. The van der Waals surface area contributed by atoms with Crippen molar-refractivity contribution in [3.8, 4) is 0 Å². The fourth-order valence-electron chi connectivity index (χ4n) is 2.26. The average molecular weight is 326 g/mol. The van der Waals surface area contributed by atoms with Crippen molar-refractivity contribution in [2.75, 3.05) is 43.9 Å². The Morgan fingerprint density at radius 3 is 2.20 bits per heavy atom. The molecular weight excluding hydrogens is 300 g/mol. The molecule has 6 nitrogen and oxygen atoms in total. The summed E-state index contributed by atoms with van der Waals surface area (Å²) in [5.74, 6) is -0.0827. The molecular formula is C12H26N2O4S2. The second kappa shape index (κ2) is 7.72. The smallest absolute Gasteiger partial charge is 0.215 e. The summed E-state index contributed by atoms with van der Waals surface area (Å²) in [6.07, 6.45) is 3.84. The highest BCUT2D eigenvalue weighted by Gasteiger charge is 2.28. The summed E-state index contributed by atoms with van der Waals surface area (Å²) >= 11 is 0. The van der Waals surface area contributed by atoms with Crippen LogP contribution in [0.2, 0.25) is 0 Å². The van der Waals surface area contributed by atoms with E-state index in [0.717, 1.165) is 38.6 Å². The highest BCUT2D eigenvalue weighted by molar-refractivity contribution is 7.93. The summed E-state index contributed by atoms with van der Waals surface area (Å²) in [6, 6.07) is 0. The van der Waals surface area contributed by atoms with Crippen LogP contribution in [0.15, 0.2) is 0 Å². The fourth-order valence-corrected chi connectivity index (χ4v) is 5.34. The van der Waals surface area contributed by atoms with Crippen molar-refractivity contribution in [1.82, 2.24) is 9.62 Å².